The van der Waals surface area contributed by atoms with Crippen LogP contribution < -0.4 is 0 Å². The van der Waals surface area contributed by atoms with Crippen LogP contribution in [0.2, 0.25) is 0 Å². The molecule has 0 spiro atoms. The minimum Gasteiger partial charge on any atom is -0.345 e. The number of hydrogen-bond donors (Lipinski definition) is 1. The summed E-state index contributed by atoms with van der Waals surface area (Å²) in [6.07, 6.45) is 6.43. The standard InChI is InChI=1S/C20H21N5/c1-11(2)25-12(3)23-18-10-21-17(8-19(18)25)15-9-22-20-14(15)6-7-16(24-20)13-4-5-13/h6-11,13H,4-5H2,1-3H3,(H,22,24). The number of rotatable bonds is 3. The Morgan fingerprint density at radius 2 is 2.04 bits per heavy atom. The van der Waals surface area contributed by atoms with Gasteiger partial charge in [0.25, 0.3) is 0 Å². The van der Waals surface area contributed by atoms with Crippen molar-refractivity contribution >= 4 is 22.1 Å². The predicted molar refractivity (Wildman–Crippen MR) is 99.7 cm³/mol. The molecule has 1 fully saturated rings. The third kappa shape index (κ3) is 2.26. The van der Waals surface area contributed by atoms with E-state index in [0.717, 1.165) is 39.1 Å². The van der Waals surface area contributed by atoms with Crippen molar-refractivity contribution in [2.45, 2.75) is 45.6 Å². The van der Waals surface area contributed by atoms with Crippen molar-refractivity contribution in [1.82, 2.24) is 24.5 Å². The molecule has 0 atom stereocenters. The molecule has 1 aliphatic rings. The van der Waals surface area contributed by atoms with Gasteiger partial charge in [-0.2, -0.15) is 0 Å². The van der Waals surface area contributed by atoms with Gasteiger partial charge in [0.1, 0.15) is 17.0 Å². The number of fused-ring (bicyclic) bond motifs is 2. The lowest BCUT2D eigenvalue weighted by atomic mass is 10.1. The van der Waals surface area contributed by atoms with E-state index in [-0.39, 0.29) is 0 Å². The van der Waals surface area contributed by atoms with Crippen LogP contribution in [0.3, 0.4) is 0 Å². The highest BCUT2D eigenvalue weighted by molar-refractivity contribution is 5.94. The second-order valence-electron chi connectivity index (χ2n) is 7.29. The lowest BCUT2D eigenvalue weighted by Gasteiger charge is -2.11. The van der Waals surface area contributed by atoms with Crippen molar-refractivity contribution < 1.29 is 0 Å². The normalized spacial score (nSPS) is 14.9. The third-order valence-electron chi connectivity index (χ3n) is 5.10. The molecule has 0 aliphatic heterocycles. The molecule has 126 valence electrons. The molecule has 4 aromatic heterocycles. The van der Waals surface area contributed by atoms with Gasteiger partial charge in [-0.15, -0.1) is 0 Å². The highest BCUT2D eigenvalue weighted by atomic mass is 15.1. The van der Waals surface area contributed by atoms with Crippen LogP contribution in [0.1, 0.15) is 50.2 Å². The number of pyridine rings is 2. The van der Waals surface area contributed by atoms with Crippen LogP contribution in [0.5, 0.6) is 0 Å². The largest absolute Gasteiger partial charge is 0.345 e. The first-order valence-corrected chi connectivity index (χ1v) is 8.95. The highest BCUT2D eigenvalue weighted by Gasteiger charge is 2.25. The van der Waals surface area contributed by atoms with Crippen LogP contribution in [0.25, 0.3) is 33.3 Å². The van der Waals surface area contributed by atoms with E-state index in [0.29, 0.717) is 12.0 Å². The van der Waals surface area contributed by atoms with Crippen molar-refractivity contribution in [3.05, 3.63) is 42.1 Å². The molecule has 4 heterocycles. The van der Waals surface area contributed by atoms with Gasteiger partial charge in [0.2, 0.25) is 0 Å². The molecule has 1 aliphatic carbocycles. The molecule has 5 rings (SSSR count). The molecular formula is C20H21N5. The Labute approximate surface area is 146 Å². The predicted octanol–water partition coefficient (Wildman–Crippen LogP) is 4.74. The number of nitrogens with one attached hydrogen (secondary N) is 1. The summed E-state index contributed by atoms with van der Waals surface area (Å²) in [4.78, 5) is 17.4. The van der Waals surface area contributed by atoms with Crippen LogP contribution in [-0.2, 0) is 0 Å². The first-order valence-electron chi connectivity index (χ1n) is 8.95. The monoisotopic (exact) mass is 331 g/mol. The maximum absolute atomic E-state index is 4.79. The Morgan fingerprint density at radius 1 is 1.20 bits per heavy atom. The number of aromatic nitrogens is 5. The smallest absolute Gasteiger partial charge is 0.138 e. The summed E-state index contributed by atoms with van der Waals surface area (Å²) in [7, 11) is 0. The number of imidazole rings is 1. The van der Waals surface area contributed by atoms with Crippen LogP contribution >= 0.6 is 0 Å². The number of aromatic amines is 1. The van der Waals surface area contributed by atoms with E-state index >= 15 is 0 Å². The Kier molecular flexibility index (Phi) is 3.02. The van der Waals surface area contributed by atoms with Crippen LogP contribution in [0.15, 0.2) is 30.6 Å². The van der Waals surface area contributed by atoms with E-state index in [4.69, 9.17) is 4.98 Å². The molecule has 5 nitrogen and oxygen atoms in total. The van der Waals surface area contributed by atoms with Gasteiger partial charge in [-0.25, -0.2) is 9.97 Å². The first-order chi connectivity index (χ1) is 12.1. The molecule has 25 heavy (non-hydrogen) atoms. The van der Waals surface area contributed by atoms with E-state index in [9.17, 15) is 0 Å². The molecule has 0 radical (unpaired) electrons. The number of nitrogens with zero attached hydrogens (tertiary/aromatic N) is 4. The van der Waals surface area contributed by atoms with E-state index in [1.165, 1.54) is 18.5 Å². The molecule has 0 amide bonds. The Morgan fingerprint density at radius 3 is 2.80 bits per heavy atom. The summed E-state index contributed by atoms with van der Waals surface area (Å²) in [5.74, 6) is 1.69. The molecule has 5 heteroatoms. The minimum atomic E-state index is 0.367. The van der Waals surface area contributed by atoms with Gasteiger partial charge in [-0.1, -0.05) is 0 Å². The van der Waals surface area contributed by atoms with Crippen molar-refractivity contribution in [2.24, 2.45) is 0 Å². The second-order valence-corrected chi connectivity index (χ2v) is 7.29. The summed E-state index contributed by atoms with van der Waals surface area (Å²) in [6.45, 7) is 6.42. The minimum absolute atomic E-state index is 0.367. The van der Waals surface area contributed by atoms with Crippen LogP contribution in [-0.4, -0.2) is 24.5 Å². The van der Waals surface area contributed by atoms with E-state index in [2.05, 4.69) is 58.5 Å². The van der Waals surface area contributed by atoms with Gasteiger partial charge >= 0.3 is 0 Å². The highest BCUT2D eigenvalue weighted by Crippen LogP contribution is 2.40. The maximum Gasteiger partial charge on any atom is 0.138 e. The number of H-pyrrole nitrogens is 1. The molecular weight excluding hydrogens is 310 g/mol. The van der Waals surface area contributed by atoms with E-state index in [1.54, 1.807) is 0 Å². The SMILES string of the molecule is Cc1nc2cnc(-c3c[nH]c4nc(C5CC5)ccc34)cc2n1C(C)C. The van der Waals surface area contributed by atoms with Crippen LogP contribution in [0.4, 0.5) is 0 Å². The van der Waals surface area contributed by atoms with Crippen molar-refractivity contribution in [3.8, 4) is 11.3 Å². The fraction of sp³-hybridized carbons (Fsp3) is 0.350. The fourth-order valence-corrected chi connectivity index (χ4v) is 3.76. The summed E-state index contributed by atoms with van der Waals surface area (Å²) < 4.78 is 2.26. The lowest BCUT2D eigenvalue weighted by molar-refractivity contribution is 0.600. The average Bonchev–Trinajstić information content (AvgIpc) is 3.26. The molecule has 0 bridgehead atoms. The van der Waals surface area contributed by atoms with Crippen molar-refractivity contribution in [1.29, 1.82) is 0 Å². The number of aryl methyl sites for hydroxylation is 1. The Balaban J connectivity index is 1.67. The molecule has 0 saturated heterocycles. The first kappa shape index (κ1) is 14.6. The molecule has 1 N–H and O–H groups in total. The Bertz CT molecular complexity index is 1100. The van der Waals surface area contributed by atoms with Crippen molar-refractivity contribution in [3.63, 3.8) is 0 Å². The average molecular weight is 331 g/mol. The van der Waals surface area contributed by atoms with Gasteiger partial charge in [0.15, 0.2) is 0 Å². The topological polar surface area (TPSA) is 59.4 Å². The Hall–Kier alpha value is -2.69. The van der Waals surface area contributed by atoms with Gasteiger partial charge in [0.05, 0.1) is 17.4 Å². The zero-order valence-corrected chi connectivity index (χ0v) is 14.7. The van der Waals surface area contributed by atoms with Gasteiger partial charge in [-0.05, 0) is 51.8 Å². The summed E-state index contributed by atoms with van der Waals surface area (Å²) in [5.41, 5.74) is 6.30. The molecule has 0 aromatic carbocycles. The van der Waals surface area contributed by atoms with Gasteiger partial charge in [-0.3, -0.25) is 4.98 Å². The van der Waals surface area contributed by atoms with Gasteiger partial charge in [0, 0.05) is 34.8 Å². The van der Waals surface area contributed by atoms with E-state index in [1.807, 2.05) is 12.4 Å². The fourth-order valence-electron chi connectivity index (χ4n) is 3.76. The third-order valence-corrected chi connectivity index (χ3v) is 5.10. The zero-order chi connectivity index (χ0) is 17.1. The second kappa shape index (κ2) is 5.15. The quantitative estimate of drug-likeness (QED) is 0.590. The lowest BCUT2D eigenvalue weighted by Crippen LogP contribution is -2.02. The number of hydrogen-bond acceptors (Lipinski definition) is 3. The van der Waals surface area contributed by atoms with E-state index < -0.39 is 0 Å². The maximum atomic E-state index is 4.79. The summed E-state index contributed by atoms with van der Waals surface area (Å²) in [5, 5.41) is 1.13. The molecule has 4 aromatic rings. The van der Waals surface area contributed by atoms with Crippen LogP contribution in [0, 0.1) is 6.92 Å². The molecule has 1 saturated carbocycles. The summed E-state index contributed by atoms with van der Waals surface area (Å²) >= 11 is 0. The summed E-state index contributed by atoms with van der Waals surface area (Å²) in [6, 6.07) is 6.86. The van der Waals surface area contributed by atoms with Gasteiger partial charge < -0.3 is 9.55 Å². The molecule has 0 unspecified atom stereocenters. The zero-order valence-electron chi connectivity index (χ0n) is 14.7. The van der Waals surface area contributed by atoms with Crippen molar-refractivity contribution in [2.75, 3.05) is 0 Å².